The average molecular weight is 376 g/mol. The predicted octanol–water partition coefficient (Wildman–Crippen LogP) is 2.51. The lowest BCUT2D eigenvalue weighted by molar-refractivity contribution is -0.141. The smallest absolute Gasteiger partial charge is 0.225 e. The van der Waals surface area contributed by atoms with Crippen molar-refractivity contribution in [3.05, 3.63) is 30.1 Å². The molecule has 1 aromatic heterocycles. The maximum Gasteiger partial charge on any atom is 0.225 e. The van der Waals surface area contributed by atoms with Crippen molar-refractivity contribution in [1.29, 1.82) is 0 Å². The molecule has 1 aliphatic carbocycles. The molecule has 1 aromatic rings. The zero-order valence-corrected chi connectivity index (χ0v) is 16.4. The number of hydrogen-bond donors (Lipinski definition) is 1. The second-order valence-corrected chi connectivity index (χ2v) is 7.74. The van der Waals surface area contributed by atoms with Crippen LogP contribution in [-0.2, 0) is 20.9 Å². The summed E-state index contributed by atoms with van der Waals surface area (Å²) in [5.41, 5.74) is 7.14. The summed E-state index contributed by atoms with van der Waals surface area (Å²) >= 11 is 0. The number of nitrogens with zero attached hydrogens (tertiary/aromatic N) is 2. The van der Waals surface area contributed by atoms with E-state index in [1.807, 2.05) is 23.1 Å². The van der Waals surface area contributed by atoms with E-state index in [4.69, 9.17) is 15.2 Å². The van der Waals surface area contributed by atoms with E-state index in [9.17, 15) is 4.79 Å². The highest BCUT2D eigenvalue weighted by Gasteiger charge is 2.35. The number of aromatic nitrogens is 1. The molecule has 2 fully saturated rings. The summed E-state index contributed by atoms with van der Waals surface area (Å²) in [5, 5.41) is 0. The molecule has 1 saturated carbocycles. The van der Waals surface area contributed by atoms with Crippen LogP contribution in [0.5, 0.6) is 0 Å². The fourth-order valence-corrected chi connectivity index (χ4v) is 4.03. The van der Waals surface area contributed by atoms with Gasteiger partial charge in [0.1, 0.15) is 0 Å². The van der Waals surface area contributed by atoms with Crippen molar-refractivity contribution in [2.45, 2.75) is 70.3 Å². The number of rotatable bonds is 7. The Morgan fingerprint density at radius 1 is 1.22 bits per heavy atom. The topological polar surface area (TPSA) is 77.7 Å². The van der Waals surface area contributed by atoms with Crippen molar-refractivity contribution in [2.24, 2.45) is 11.7 Å². The van der Waals surface area contributed by atoms with Gasteiger partial charge in [0, 0.05) is 37.9 Å². The second-order valence-electron chi connectivity index (χ2n) is 7.74. The molecule has 1 aliphatic heterocycles. The van der Waals surface area contributed by atoms with Gasteiger partial charge in [0.05, 0.1) is 24.5 Å². The minimum Gasteiger partial charge on any atom is -0.377 e. The van der Waals surface area contributed by atoms with Crippen LogP contribution in [0.3, 0.4) is 0 Å². The van der Waals surface area contributed by atoms with Gasteiger partial charge in [0.2, 0.25) is 5.91 Å². The number of nitrogens with two attached hydrogens (primary N) is 1. The third-order valence-electron chi connectivity index (χ3n) is 5.67. The molecule has 0 aromatic carbocycles. The Kier molecular flexibility index (Phi) is 7.61. The largest absolute Gasteiger partial charge is 0.377 e. The minimum atomic E-state index is 0.0203. The van der Waals surface area contributed by atoms with Crippen LogP contribution in [0.1, 0.15) is 51.1 Å². The van der Waals surface area contributed by atoms with Crippen LogP contribution >= 0.6 is 0 Å². The van der Waals surface area contributed by atoms with E-state index in [1.54, 1.807) is 6.20 Å². The third-order valence-corrected chi connectivity index (χ3v) is 5.67. The zero-order valence-electron chi connectivity index (χ0n) is 16.4. The number of carbonyl (C=O) groups excluding carboxylic acids is 1. The van der Waals surface area contributed by atoms with Crippen molar-refractivity contribution in [3.63, 3.8) is 0 Å². The molecule has 27 heavy (non-hydrogen) atoms. The summed E-state index contributed by atoms with van der Waals surface area (Å²) in [4.78, 5) is 19.2. The Balaban J connectivity index is 1.42. The maximum absolute atomic E-state index is 12.9. The van der Waals surface area contributed by atoms with Crippen LogP contribution < -0.4 is 5.73 Å². The lowest BCUT2D eigenvalue weighted by Gasteiger charge is -2.38. The zero-order chi connectivity index (χ0) is 19.1. The van der Waals surface area contributed by atoms with E-state index in [2.05, 4.69) is 11.9 Å². The van der Waals surface area contributed by atoms with Gasteiger partial charge in [-0.05, 0) is 50.7 Å². The Morgan fingerprint density at radius 2 is 2.04 bits per heavy atom. The first-order valence-corrected chi connectivity index (χ1v) is 10.3. The van der Waals surface area contributed by atoms with E-state index >= 15 is 0 Å². The van der Waals surface area contributed by atoms with Crippen LogP contribution in [0, 0.1) is 5.92 Å². The van der Waals surface area contributed by atoms with Gasteiger partial charge in [-0.15, -0.1) is 0 Å². The van der Waals surface area contributed by atoms with Gasteiger partial charge in [-0.25, -0.2) is 0 Å². The normalized spacial score (nSPS) is 26.9. The van der Waals surface area contributed by atoms with Crippen molar-refractivity contribution < 1.29 is 14.3 Å². The van der Waals surface area contributed by atoms with Crippen LogP contribution in [0.4, 0.5) is 0 Å². The van der Waals surface area contributed by atoms with Crippen LogP contribution in [-0.4, -0.2) is 53.7 Å². The van der Waals surface area contributed by atoms with E-state index in [0.717, 1.165) is 63.9 Å². The molecule has 6 nitrogen and oxygen atoms in total. The van der Waals surface area contributed by atoms with E-state index in [-0.39, 0.29) is 30.1 Å². The van der Waals surface area contributed by atoms with Crippen molar-refractivity contribution in [2.75, 3.05) is 19.7 Å². The number of likely N-dealkylation sites (tertiary alicyclic amines) is 1. The standard InChI is InChI=1S/C21H33N3O3/c1-2-13-26-20-14-16(6-7-19(20)22)21(25)24-11-8-18(9-12-24)27-15-17-5-3-4-10-23-17/h3-5,10,16,18-20H,2,6-9,11-15,22H2,1H3/t16-,19+,20+/m0/s1. The van der Waals surface area contributed by atoms with Crippen LogP contribution in [0.2, 0.25) is 0 Å². The molecule has 6 heteroatoms. The molecule has 150 valence electrons. The molecule has 0 bridgehead atoms. The van der Waals surface area contributed by atoms with Crippen molar-refractivity contribution >= 4 is 5.91 Å². The highest BCUT2D eigenvalue weighted by Crippen LogP contribution is 2.29. The maximum atomic E-state index is 12.9. The third kappa shape index (κ3) is 5.74. The molecule has 3 rings (SSSR count). The summed E-state index contributed by atoms with van der Waals surface area (Å²) < 4.78 is 11.9. The Labute approximate surface area is 162 Å². The number of carbonyl (C=O) groups is 1. The van der Waals surface area contributed by atoms with Crippen molar-refractivity contribution in [1.82, 2.24) is 9.88 Å². The number of hydrogen-bond acceptors (Lipinski definition) is 5. The van der Waals surface area contributed by atoms with Gasteiger partial charge in [-0.3, -0.25) is 9.78 Å². The van der Waals surface area contributed by atoms with Gasteiger partial charge in [0.25, 0.3) is 0 Å². The van der Waals surface area contributed by atoms with Crippen LogP contribution in [0.15, 0.2) is 24.4 Å². The summed E-state index contributed by atoms with van der Waals surface area (Å²) in [6, 6.07) is 5.92. The lowest BCUT2D eigenvalue weighted by atomic mass is 9.83. The molecule has 1 saturated heterocycles. The molecule has 1 amide bonds. The fraction of sp³-hybridized carbons (Fsp3) is 0.714. The first-order valence-electron chi connectivity index (χ1n) is 10.3. The Morgan fingerprint density at radius 3 is 2.74 bits per heavy atom. The van der Waals surface area contributed by atoms with Gasteiger partial charge in [-0.1, -0.05) is 13.0 Å². The van der Waals surface area contributed by atoms with E-state index < -0.39 is 0 Å². The molecular formula is C21H33N3O3. The molecule has 3 atom stereocenters. The average Bonchev–Trinajstić information content (AvgIpc) is 2.72. The number of piperidine rings is 1. The van der Waals surface area contributed by atoms with Gasteiger partial charge in [-0.2, -0.15) is 0 Å². The first-order chi connectivity index (χ1) is 13.2. The summed E-state index contributed by atoms with van der Waals surface area (Å²) in [6.07, 6.45) is 7.28. The second kappa shape index (κ2) is 10.2. The predicted molar refractivity (Wildman–Crippen MR) is 104 cm³/mol. The number of amides is 1. The minimum absolute atomic E-state index is 0.0203. The number of pyridine rings is 1. The van der Waals surface area contributed by atoms with E-state index in [0.29, 0.717) is 6.61 Å². The summed E-state index contributed by atoms with van der Waals surface area (Å²) in [7, 11) is 0. The van der Waals surface area contributed by atoms with Crippen LogP contribution in [0.25, 0.3) is 0 Å². The highest BCUT2D eigenvalue weighted by atomic mass is 16.5. The molecule has 0 radical (unpaired) electrons. The molecule has 2 aliphatic rings. The Bertz CT molecular complexity index is 575. The SMILES string of the molecule is CCCO[C@@H]1C[C@@H](C(=O)N2CCC(OCc3ccccn3)CC2)CC[C@H]1N. The summed E-state index contributed by atoms with van der Waals surface area (Å²) in [6.45, 7) is 4.90. The molecule has 2 N–H and O–H groups in total. The van der Waals surface area contributed by atoms with Crippen molar-refractivity contribution in [3.8, 4) is 0 Å². The lowest BCUT2D eigenvalue weighted by Crippen LogP contribution is -2.49. The molecule has 2 heterocycles. The van der Waals surface area contributed by atoms with Gasteiger partial charge < -0.3 is 20.1 Å². The summed E-state index contributed by atoms with van der Waals surface area (Å²) in [5.74, 6) is 0.327. The number of ether oxygens (including phenoxy) is 2. The fourth-order valence-electron chi connectivity index (χ4n) is 4.03. The van der Waals surface area contributed by atoms with Gasteiger partial charge >= 0.3 is 0 Å². The first kappa shape index (κ1) is 20.2. The highest BCUT2D eigenvalue weighted by molar-refractivity contribution is 5.79. The van der Waals surface area contributed by atoms with E-state index in [1.165, 1.54) is 0 Å². The monoisotopic (exact) mass is 375 g/mol. The Hall–Kier alpha value is -1.50. The van der Waals surface area contributed by atoms with Gasteiger partial charge in [0.15, 0.2) is 0 Å². The molecule has 0 spiro atoms. The molecule has 0 unspecified atom stereocenters. The molecular weight excluding hydrogens is 342 g/mol. The quantitative estimate of drug-likeness (QED) is 0.792.